The summed E-state index contributed by atoms with van der Waals surface area (Å²) in [5, 5.41) is 2.97. The molecule has 4 aromatic rings. The zero-order chi connectivity index (χ0) is 22.6. The summed E-state index contributed by atoms with van der Waals surface area (Å²) < 4.78 is 4.85. The second kappa shape index (κ2) is 10.7. The predicted octanol–water partition coefficient (Wildman–Crippen LogP) is 2.47. The number of nitrogens with one attached hydrogen (secondary N) is 1. The van der Waals surface area contributed by atoms with E-state index in [1.165, 1.54) is 47.5 Å². The number of para-hydroxylation sites is 1. The van der Waals surface area contributed by atoms with Gasteiger partial charge in [-0.2, -0.15) is 4.57 Å². The number of hydrogen-bond acceptors (Lipinski definition) is 1. The molecule has 174 valence electrons. The lowest BCUT2D eigenvalue weighted by atomic mass is 10.0. The van der Waals surface area contributed by atoms with Gasteiger partial charge in [0, 0.05) is 31.0 Å². The van der Waals surface area contributed by atoms with E-state index in [0.717, 1.165) is 24.2 Å². The van der Waals surface area contributed by atoms with Gasteiger partial charge in [0.1, 0.15) is 11.9 Å². The molecule has 0 unspecified atom stereocenters. The molecule has 1 amide bonds. The van der Waals surface area contributed by atoms with E-state index >= 15 is 0 Å². The normalized spacial score (nSPS) is 12.9. The topological polar surface area (TPSA) is 37.9 Å². The molecule has 0 atom stereocenters. The average molecular weight is 472 g/mol. The summed E-state index contributed by atoms with van der Waals surface area (Å²) in [5.41, 5.74) is 7.22. The molecule has 0 bridgehead atoms. The van der Waals surface area contributed by atoms with Crippen LogP contribution in [0.4, 0.5) is 0 Å². The van der Waals surface area contributed by atoms with Gasteiger partial charge in [0.25, 0.3) is 5.82 Å². The number of halogens is 1. The fourth-order valence-corrected chi connectivity index (χ4v) is 4.79. The van der Waals surface area contributed by atoms with Crippen LogP contribution in [0.5, 0.6) is 0 Å². The third-order valence-electron chi connectivity index (χ3n) is 6.48. The van der Waals surface area contributed by atoms with Crippen molar-refractivity contribution in [1.82, 2.24) is 9.88 Å². The van der Waals surface area contributed by atoms with E-state index < -0.39 is 0 Å². The Balaban J connectivity index is 0.00000274. The lowest BCUT2D eigenvalue weighted by Crippen LogP contribution is -3.00. The molecule has 2 heterocycles. The van der Waals surface area contributed by atoms with Gasteiger partial charge in [-0.15, -0.1) is 0 Å². The molecule has 0 fully saturated rings. The minimum atomic E-state index is -0.00953. The number of hydrogen-bond donors (Lipinski definition) is 1. The van der Waals surface area contributed by atoms with Crippen molar-refractivity contribution in [2.45, 2.75) is 45.7 Å². The highest BCUT2D eigenvalue weighted by molar-refractivity contribution is 5.73. The maximum atomic E-state index is 11.5. The zero-order valence-electron chi connectivity index (χ0n) is 19.5. The van der Waals surface area contributed by atoms with Crippen molar-refractivity contribution < 1.29 is 21.8 Å². The quantitative estimate of drug-likeness (QED) is 0.446. The Morgan fingerprint density at radius 1 is 0.853 bits per heavy atom. The Hall–Kier alpha value is -3.37. The lowest BCUT2D eigenvalue weighted by molar-refractivity contribution is -0.604. The third-order valence-corrected chi connectivity index (χ3v) is 6.48. The van der Waals surface area contributed by atoms with Crippen LogP contribution in [0.1, 0.15) is 37.6 Å². The second-order valence-electron chi connectivity index (χ2n) is 8.74. The summed E-state index contributed by atoms with van der Waals surface area (Å²) in [7, 11) is 0. The van der Waals surface area contributed by atoms with Gasteiger partial charge < -0.3 is 17.7 Å². The van der Waals surface area contributed by atoms with E-state index in [9.17, 15) is 4.79 Å². The monoisotopic (exact) mass is 471 g/mol. The summed E-state index contributed by atoms with van der Waals surface area (Å²) in [4.78, 5) is 11.5. The van der Waals surface area contributed by atoms with Crippen molar-refractivity contribution in [2.24, 2.45) is 0 Å². The maximum Gasteiger partial charge on any atom is 0.262 e. The van der Waals surface area contributed by atoms with Crippen molar-refractivity contribution >= 4 is 5.91 Å². The van der Waals surface area contributed by atoms with Crippen LogP contribution in [0, 0.1) is 0 Å². The summed E-state index contributed by atoms with van der Waals surface area (Å²) in [6.07, 6.45) is 6.98. The van der Waals surface area contributed by atoms with Gasteiger partial charge in [-0.05, 0) is 48.6 Å². The number of amides is 1. The number of fused-ring (bicyclic) bond motifs is 1. The van der Waals surface area contributed by atoms with Crippen LogP contribution < -0.4 is 22.3 Å². The fourth-order valence-electron chi connectivity index (χ4n) is 4.79. The minimum Gasteiger partial charge on any atom is -1.00 e. The Morgan fingerprint density at radius 2 is 1.53 bits per heavy atom. The molecule has 34 heavy (non-hydrogen) atoms. The van der Waals surface area contributed by atoms with Crippen molar-refractivity contribution in [3.63, 3.8) is 0 Å². The molecule has 5 heteroatoms. The highest BCUT2D eigenvalue weighted by atomic mass is 35.5. The third kappa shape index (κ3) is 4.92. The van der Waals surface area contributed by atoms with Crippen LogP contribution in [-0.2, 0) is 24.3 Å². The van der Waals surface area contributed by atoms with Crippen LogP contribution in [0.3, 0.4) is 0 Å². The number of rotatable bonds is 5. The van der Waals surface area contributed by atoms with Crippen LogP contribution >= 0.6 is 0 Å². The van der Waals surface area contributed by atoms with Crippen LogP contribution in [0.15, 0.2) is 85.1 Å². The number of imidazole rings is 1. The van der Waals surface area contributed by atoms with E-state index in [1.54, 1.807) is 6.92 Å². The number of benzene rings is 3. The first-order chi connectivity index (χ1) is 16.2. The first kappa shape index (κ1) is 23.8. The van der Waals surface area contributed by atoms with Gasteiger partial charge in [-0.3, -0.25) is 4.79 Å². The molecule has 1 N–H and O–H groups in total. The van der Waals surface area contributed by atoms with Gasteiger partial charge in [-0.1, -0.05) is 60.7 Å². The van der Waals surface area contributed by atoms with E-state index in [2.05, 4.69) is 93.4 Å². The molecule has 0 spiro atoms. The average Bonchev–Trinajstić information content (AvgIpc) is 3.03. The van der Waals surface area contributed by atoms with Crippen molar-refractivity contribution in [1.29, 1.82) is 0 Å². The van der Waals surface area contributed by atoms with E-state index in [-0.39, 0.29) is 18.3 Å². The summed E-state index contributed by atoms with van der Waals surface area (Å²) in [6.45, 7) is 3.13. The number of carbonyl (C=O) groups is 1. The molecule has 0 aliphatic carbocycles. The van der Waals surface area contributed by atoms with E-state index in [1.807, 2.05) is 6.07 Å². The van der Waals surface area contributed by atoms with Crippen molar-refractivity contribution in [3.05, 3.63) is 96.4 Å². The number of carbonyl (C=O) groups excluding carboxylic acids is 1. The molecule has 3 aromatic carbocycles. The zero-order valence-corrected chi connectivity index (χ0v) is 20.3. The SMILES string of the molecule is CC(=O)NCc1ccccc1-[n+]1cc(-c2ccc(-c3ccccc3)cc2)n2c1CCCCC2.[Cl-]. The molecule has 0 saturated heterocycles. The second-order valence-corrected chi connectivity index (χ2v) is 8.74. The first-order valence-corrected chi connectivity index (χ1v) is 11.8. The molecule has 1 aromatic heterocycles. The molecule has 4 nitrogen and oxygen atoms in total. The Labute approximate surface area is 207 Å². The predicted molar refractivity (Wildman–Crippen MR) is 132 cm³/mol. The molecule has 1 aliphatic heterocycles. The Morgan fingerprint density at radius 3 is 2.29 bits per heavy atom. The summed E-state index contributed by atoms with van der Waals surface area (Å²) in [5.74, 6) is 1.33. The largest absolute Gasteiger partial charge is 1.00 e. The highest BCUT2D eigenvalue weighted by Gasteiger charge is 2.28. The Kier molecular flexibility index (Phi) is 7.49. The van der Waals surface area contributed by atoms with Gasteiger partial charge in [0.2, 0.25) is 5.91 Å². The molecular weight excluding hydrogens is 442 g/mol. The van der Waals surface area contributed by atoms with Gasteiger partial charge in [-0.25, -0.2) is 4.57 Å². The van der Waals surface area contributed by atoms with Crippen LogP contribution in [0.25, 0.3) is 28.1 Å². The first-order valence-electron chi connectivity index (χ1n) is 11.8. The maximum absolute atomic E-state index is 11.5. The van der Waals surface area contributed by atoms with Gasteiger partial charge >= 0.3 is 0 Å². The van der Waals surface area contributed by atoms with Gasteiger partial charge in [0.15, 0.2) is 5.69 Å². The molecule has 5 rings (SSSR count). The highest BCUT2D eigenvalue weighted by Crippen LogP contribution is 2.28. The minimum absolute atomic E-state index is 0. The van der Waals surface area contributed by atoms with Gasteiger partial charge in [0.05, 0.1) is 6.54 Å². The molecule has 1 aliphatic rings. The van der Waals surface area contributed by atoms with E-state index in [4.69, 9.17) is 0 Å². The Bertz CT molecular complexity index is 1260. The lowest BCUT2D eigenvalue weighted by Gasteiger charge is -2.08. The van der Waals surface area contributed by atoms with Crippen LogP contribution in [-0.4, -0.2) is 10.5 Å². The molecule has 0 saturated carbocycles. The van der Waals surface area contributed by atoms with Crippen molar-refractivity contribution in [2.75, 3.05) is 0 Å². The fraction of sp³-hybridized carbons (Fsp3) is 0.241. The molecule has 0 radical (unpaired) electrons. The summed E-state index contributed by atoms with van der Waals surface area (Å²) >= 11 is 0. The van der Waals surface area contributed by atoms with E-state index in [0.29, 0.717) is 6.54 Å². The standard InChI is InChI=1S/C29H29N3O.ClH/c1-22(33)30-20-26-12-7-8-13-27(26)32-21-28(31-19-9-3-6-14-29(31)32)25-17-15-24(16-18-25)23-10-4-2-5-11-23;/h2,4-5,7-8,10-13,15-18,21H,3,6,9,14,19-20H2,1H3;1H. The number of nitrogens with zero attached hydrogens (tertiary/aromatic N) is 2. The summed E-state index contributed by atoms with van der Waals surface area (Å²) in [6, 6.07) is 27.8. The smallest absolute Gasteiger partial charge is 0.262 e. The number of aromatic nitrogens is 2. The molecular formula is C29H30ClN3O. The van der Waals surface area contributed by atoms with Crippen molar-refractivity contribution in [3.8, 4) is 28.1 Å². The van der Waals surface area contributed by atoms with Crippen LogP contribution in [0.2, 0.25) is 0 Å².